The quantitative estimate of drug-likeness (QED) is 0.188. The van der Waals surface area contributed by atoms with Gasteiger partial charge in [-0.1, -0.05) is 109 Å². The van der Waals surface area contributed by atoms with Gasteiger partial charge in [-0.15, -0.1) is 0 Å². The zero-order chi connectivity index (χ0) is 33.0. The maximum atomic E-state index is 6.26. The third kappa shape index (κ3) is 4.75. The second-order valence-corrected chi connectivity index (χ2v) is 12.5. The zero-order valence-electron chi connectivity index (χ0n) is 26.9. The summed E-state index contributed by atoms with van der Waals surface area (Å²) in [6, 6.07) is 58.9. The Bertz CT molecular complexity index is 2780. The SMILES string of the molecule is c1ccc(-c2ccc3cc(-c4nc(-c5ccc(-n6c7ccccc7c7ccccc76)cc5)nc(-c5cc6ccccc6o5)n4)ccc3c2)cc1. The van der Waals surface area contributed by atoms with Gasteiger partial charge >= 0.3 is 0 Å². The van der Waals surface area contributed by atoms with Crippen LogP contribution in [0.1, 0.15) is 0 Å². The van der Waals surface area contributed by atoms with Crippen LogP contribution in [-0.2, 0) is 0 Å². The molecule has 10 aromatic rings. The molecule has 50 heavy (non-hydrogen) atoms. The summed E-state index contributed by atoms with van der Waals surface area (Å²) < 4.78 is 8.57. The van der Waals surface area contributed by atoms with E-state index in [9.17, 15) is 0 Å². The van der Waals surface area contributed by atoms with Gasteiger partial charge in [0.15, 0.2) is 23.2 Å². The minimum atomic E-state index is 0.493. The first kappa shape index (κ1) is 28.2. The number of rotatable bonds is 5. The lowest BCUT2D eigenvalue weighted by molar-refractivity contribution is 0.625. The third-order valence-corrected chi connectivity index (χ3v) is 9.45. The van der Waals surface area contributed by atoms with E-state index in [0.29, 0.717) is 23.2 Å². The maximum Gasteiger partial charge on any atom is 0.199 e. The lowest BCUT2D eigenvalue weighted by Gasteiger charge is -2.11. The van der Waals surface area contributed by atoms with Gasteiger partial charge in [0.25, 0.3) is 0 Å². The molecule has 0 fully saturated rings. The van der Waals surface area contributed by atoms with Gasteiger partial charge in [-0.3, -0.25) is 0 Å². The van der Waals surface area contributed by atoms with Crippen LogP contribution in [0.25, 0.3) is 94.7 Å². The van der Waals surface area contributed by atoms with Crippen LogP contribution in [0.15, 0.2) is 174 Å². The van der Waals surface area contributed by atoms with Gasteiger partial charge in [0, 0.05) is 33.0 Å². The predicted molar refractivity (Wildman–Crippen MR) is 203 cm³/mol. The topological polar surface area (TPSA) is 56.7 Å². The molecule has 0 amide bonds. The Morgan fingerprint density at radius 3 is 1.66 bits per heavy atom. The van der Waals surface area contributed by atoms with Crippen LogP contribution >= 0.6 is 0 Å². The molecule has 5 nitrogen and oxygen atoms in total. The Hall–Kier alpha value is -6.85. The monoisotopic (exact) mass is 640 g/mol. The molecule has 0 aliphatic carbocycles. The number of benzene rings is 7. The summed E-state index contributed by atoms with van der Waals surface area (Å²) in [7, 11) is 0. The summed E-state index contributed by atoms with van der Waals surface area (Å²) in [6.45, 7) is 0. The molecule has 3 heterocycles. The highest BCUT2D eigenvalue weighted by Crippen LogP contribution is 2.34. The van der Waals surface area contributed by atoms with Crippen molar-refractivity contribution in [1.29, 1.82) is 0 Å². The number of nitrogens with zero attached hydrogens (tertiary/aromatic N) is 4. The molecule has 0 aliphatic heterocycles. The molecule has 0 saturated heterocycles. The fourth-order valence-electron chi connectivity index (χ4n) is 6.99. The molecule has 0 unspecified atom stereocenters. The molecule has 234 valence electrons. The summed E-state index contributed by atoms with van der Waals surface area (Å²) in [4.78, 5) is 15.0. The molecular formula is C45H28N4O. The Labute approximate surface area is 287 Å². The van der Waals surface area contributed by atoms with E-state index < -0.39 is 0 Å². The highest BCUT2D eigenvalue weighted by atomic mass is 16.3. The van der Waals surface area contributed by atoms with Crippen LogP contribution in [0.3, 0.4) is 0 Å². The van der Waals surface area contributed by atoms with Crippen molar-refractivity contribution in [2.75, 3.05) is 0 Å². The first-order valence-corrected chi connectivity index (χ1v) is 16.7. The van der Waals surface area contributed by atoms with Gasteiger partial charge in [-0.05, 0) is 82.6 Å². The minimum absolute atomic E-state index is 0.493. The fourth-order valence-corrected chi connectivity index (χ4v) is 6.99. The van der Waals surface area contributed by atoms with Crippen LogP contribution in [-0.4, -0.2) is 19.5 Å². The number of para-hydroxylation sites is 3. The van der Waals surface area contributed by atoms with Crippen molar-refractivity contribution < 1.29 is 4.42 Å². The Kier molecular flexibility index (Phi) is 6.42. The van der Waals surface area contributed by atoms with Crippen LogP contribution in [0.4, 0.5) is 0 Å². The van der Waals surface area contributed by atoms with Gasteiger partial charge in [-0.25, -0.2) is 15.0 Å². The van der Waals surface area contributed by atoms with E-state index in [2.05, 4.69) is 138 Å². The van der Waals surface area contributed by atoms with Crippen molar-refractivity contribution in [1.82, 2.24) is 19.5 Å². The summed E-state index contributed by atoms with van der Waals surface area (Å²) >= 11 is 0. The smallest absolute Gasteiger partial charge is 0.199 e. The van der Waals surface area contributed by atoms with E-state index in [1.165, 1.54) is 32.9 Å². The molecule has 0 saturated carbocycles. The van der Waals surface area contributed by atoms with Gasteiger partial charge in [0.1, 0.15) is 5.58 Å². The molecule has 5 heteroatoms. The Morgan fingerprint density at radius 2 is 0.940 bits per heavy atom. The van der Waals surface area contributed by atoms with Crippen molar-refractivity contribution in [2.45, 2.75) is 0 Å². The molecule has 0 spiro atoms. The first-order valence-electron chi connectivity index (χ1n) is 16.7. The Balaban J connectivity index is 1.09. The van der Waals surface area contributed by atoms with E-state index in [4.69, 9.17) is 19.4 Å². The van der Waals surface area contributed by atoms with Crippen molar-refractivity contribution in [3.63, 3.8) is 0 Å². The number of hydrogen-bond donors (Lipinski definition) is 0. The highest BCUT2D eigenvalue weighted by Gasteiger charge is 2.17. The zero-order valence-corrected chi connectivity index (χ0v) is 26.9. The van der Waals surface area contributed by atoms with Crippen LogP contribution < -0.4 is 0 Å². The summed E-state index contributed by atoms with van der Waals surface area (Å²) in [6.07, 6.45) is 0. The summed E-state index contributed by atoms with van der Waals surface area (Å²) in [5.74, 6) is 2.27. The second-order valence-electron chi connectivity index (χ2n) is 12.5. The highest BCUT2D eigenvalue weighted by molar-refractivity contribution is 6.09. The molecule has 0 N–H and O–H groups in total. The van der Waals surface area contributed by atoms with Crippen molar-refractivity contribution >= 4 is 43.5 Å². The van der Waals surface area contributed by atoms with Gasteiger partial charge < -0.3 is 8.98 Å². The molecule has 7 aromatic carbocycles. The molecule has 3 aromatic heterocycles. The lowest BCUT2D eigenvalue weighted by atomic mass is 10.00. The van der Waals surface area contributed by atoms with Gasteiger partial charge in [0.05, 0.1) is 11.0 Å². The van der Waals surface area contributed by atoms with Gasteiger partial charge in [-0.2, -0.15) is 0 Å². The molecule has 0 atom stereocenters. The molecule has 0 bridgehead atoms. The van der Waals surface area contributed by atoms with Crippen molar-refractivity contribution in [3.05, 3.63) is 170 Å². The third-order valence-electron chi connectivity index (χ3n) is 9.45. The molecule has 0 radical (unpaired) electrons. The number of aromatic nitrogens is 4. The van der Waals surface area contributed by atoms with E-state index in [0.717, 1.165) is 38.6 Å². The molecule has 0 aliphatic rings. The van der Waals surface area contributed by atoms with Crippen LogP contribution in [0.5, 0.6) is 0 Å². The average molecular weight is 641 g/mol. The van der Waals surface area contributed by atoms with E-state index in [1.807, 2.05) is 36.4 Å². The average Bonchev–Trinajstić information content (AvgIpc) is 3.78. The van der Waals surface area contributed by atoms with E-state index in [1.54, 1.807) is 0 Å². The fraction of sp³-hybridized carbons (Fsp3) is 0. The largest absolute Gasteiger partial charge is 0.453 e. The lowest BCUT2D eigenvalue weighted by Crippen LogP contribution is -2.00. The maximum absolute atomic E-state index is 6.26. The minimum Gasteiger partial charge on any atom is -0.453 e. The number of hydrogen-bond acceptors (Lipinski definition) is 4. The standard InChI is InChI=1S/C45H28N4O/c1-2-10-29(11-3-1)31-18-19-33-27-35(21-20-32(33)26-31)44-46-43(47-45(48-44)42-28-34-12-4-9-17-41(34)50-42)30-22-24-36(25-23-30)49-39-15-7-5-13-37(39)38-14-6-8-16-40(38)49/h1-28H. The predicted octanol–water partition coefficient (Wildman–Crippen LogP) is 11.5. The summed E-state index contributed by atoms with van der Waals surface area (Å²) in [5.41, 5.74) is 8.39. The Morgan fingerprint density at radius 1 is 0.380 bits per heavy atom. The van der Waals surface area contributed by atoms with Gasteiger partial charge in [0.2, 0.25) is 0 Å². The summed E-state index contributed by atoms with van der Waals surface area (Å²) in [5, 5.41) is 5.74. The molecular weight excluding hydrogens is 613 g/mol. The number of fused-ring (bicyclic) bond motifs is 5. The normalized spacial score (nSPS) is 11.6. The van der Waals surface area contributed by atoms with Crippen molar-refractivity contribution in [3.8, 4) is 51.2 Å². The molecule has 10 rings (SSSR count). The number of furan rings is 1. The second kappa shape index (κ2) is 11.4. The van der Waals surface area contributed by atoms with E-state index in [-0.39, 0.29) is 0 Å². The van der Waals surface area contributed by atoms with Crippen LogP contribution in [0, 0.1) is 0 Å². The first-order chi connectivity index (χ1) is 24.7. The van der Waals surface area contributed by atoms with Crippen molar-refractivity contribution in [2.24, 2.45) is 0 Å². The van der Waals surface area contributed by atoms with Crippen LogP contribution in [0.2, 0.25) is 0 Å². The van der Waals surface area contributed by atoms with E-state index >= 15 is 0 Å².